The highest BCUT2D eigenvalue weighted by Crippen LogP contribution is 2.22. The third-order valence-electron chi connectivity index (χ3n) is 3.45. The minimum absolute atomic E-state index is 0.138. The molecule has 1 aromatic carbocycles. The molecule has 1 saturated heterocycles. The van der Waals surface area contributed by atoms with Gasteiger partial charge in [-0.05, 0) is 36.6 Å². The molecule has 1 heterocycles. The normalized spacial score (nSPS) is 14.9. The van der Waals surface area contributed by atoms with E-state index in [1.807, 2.05) is 0 Å². The van der Waals surface area contributed by atoms with E-state index in [2.05, 4.69) is 19.2 Å². The minimum Gasteiger partial charge on any atom is -0.352 e. The molecule has 0 unspecified atom stereocenters. The molecular formula is C16H20N2O3. The average molecular weight is 288 g/mol. The average Bonchev–Trinajstić information content (AvgIpc) is 2.78. The minimum atomic E-state index is -0.186. The van der Waals surface area contributed by atoms with Gasteiger partial charge in [0.05, 0.1) is 5.69 Å². The van der Waals surface area contributed by atoms with E-state index in [0.717, 1.165) is 6.42 Å². The largest absolute Gasteiger partial charge is 0.352 e. The first kappa shape index (κ1) is 15.2. The first-order valence-corrected chi connectivity index (χ1v) is 7.23. The van der Waals surface area contributed by atoms with Crippen molar-refractivity contribution in [2.45, 2.75) is 33.1 Å². The van der Waals surface area contributed by atoms with Gasteiger partial charge in [-0.3, -0.25) is 19.3 Å². The molecule has 0 bridgehead atoms. The topological polar surface area (TPSA) is 66.5 Å². The Bertz CT molecular complexity index is 533. The van der Waals surface area contributed by atoms with E-state index in [9.17, 15) is 14.4 Å². The molecule has 3 amide bonds. The summed E-state index contributed by atoms with van der Waals surface area (Å²) in [7, 11) is 0. The molecule has 2 rings (SSSR count). The second-order valence-corrected chi connectivity index (χ2v) is 5.61. The van der Waals surface area contributed by atoms with E-state index in [1.165, 1.54) is 4.90 Å². The number of rotatable bonds is 5. The molecule has 1 aliphatic rings. The highest BCUT2D eigenvalue weighted by molar-refractivity contribution is 6.19. The van der Waals surface area contributed by atoms with Crippen molar-refractivity contribution in [2.24, 2.45) is 5.92 Å². The summed E-state index contributed by atoms with van der Waals surface area (Å²) in [6.07, 6.45) is 1.45. The molecule has 0 radical (unpaired) electrons. The van der Waals surface area contributed by atoms with Gasteiger partial charge in [0, 0.05) is 24.9 Å². The van der Waals surface area contributed by atoms with Crippen molar-refractivity contribution in [3.63, 3.8) is 0 Å². The Kier molecular flexibility index (Phi) is 4.73. The predicted octanol–water partition coefficient (Wildman–Crippen LogP) is 2.12. The summed E-state index contributed by atoms with van der Waals surface area (Å²) in [5.41, 5.74) is 1.06. The van der Waals surface area contributed by atoms with Gasteiger partial charge in [-0.25, -0.2) is 0 Å². The molecular weight excluding hydrogens is 268 g/mol. The fraction of sp³-hybridized carbons (Fsp3) is 0.438. The van der Waals surface area contributed by atoms with Crippen LogP contribution in [0.5, 0.6) is 0 Å². The van der Waals surface area contributed by atoms with Gasteiger partial charge in [0.15, 0.2) is 0 Å². The second-order valence-electron chi connectivity index (χ2n) is 5.61. The summed E-state index contributed by atoms with van der Waals surface area (Å²) in [5, 5.41) is 2.85. The SMILES string of the molecule is CC(C)CCNC(=O)c1ccc(N2C(=O)CCC2=O)cc1. The van der Waals surface area contributed by atoms with Crippen LogP contribution in [0.3, 0.4) is 0 Å². The zero-order chi connectivity index (χ0) is 15.4. The van der Waals surface area contributed by atoms with Crippen LogP contribution in [-0.2, 0) is 9.59 Å². The molecule has 0 spiro atoms. The van der Waals surface area contributed by atoms with Crippen molar-refractivity contribution >= 4 is 23.4 Å². The Labute approximate surface area is 124 Å². The number of nitrogens with zero attached hydrogens (tertiary/aromatic N) is 1. The van der Waals surface area contributed by atoms with Gasteiger partial charge in [-0.1, -0.05) is 13.8 Å². The molecule has 21 heavy (non-hydrogen) atoms. The Morgan fingerprint density at radius 3 is 2.24 bits per heavy atom. The third-order valence-corrected chi connectivity index (χ3v) is 3.45. The number of anilines is 1. The van der Waals surface area contributed by atoms with Crippen molar-refractivity contribution in [3.05, 3.63) is 29.8 Å². The molecule has 0 saturated carbocycles. The molecule has 1 aromatic rings. The zero-order valence-electron chi connectivity index (χ0n) is 12.4. The van der Waals surface area contributed by atoms with Gasteiger partial charge in [-0.15, -0.1) is 0 Å². The van der Waals surface area contributed by atoms with Crippen molar-refractivity contribution in [3.8, 4) is 0 Å². The van der Waals surface area contributed by atoms with Crippen LogP contribution in [0, 0.1) is 5.92 Å². The standard InChI is InChI=1S/C16H20N2O3/c1-11(2)9-10-17-16(21)12-3-5-13(6-4-12)18-14(19)7-8-15(18)20/h3-6,11H,7-10H2,1-2H3,(H,17,21). The maximum atomic E-state index is 11.9. The van der Waals surface area contributed by atoms with E-state index in [1.54, 1.807) is 24.3 Å². The van der Waals surface area contributed by atoms with E-state index in [0.29, 0.717) is 23.7 Å². The van der Waals surface area contributed by atoms with Gasteiger partial charge in [0.2, 0.25) is 11.8 Å². The lowest BCUT2D eigenvalue weighted by Gasteiger charge is -2.14. The van der Waals surface area contributed by atoms with Gasteiger partial charge in [0.1, 0.15) is 0 Å². The maximum Gasteiger partial charge on any atom is 0.251 e. The maximum absolute atomic E-state index is 11.9. The number of nitrogens with one attached hydrogen (secondary N) is 1. The first-order valence-electron chi connectivity index (χ1n) is 7.23. The molecule has 5 heteroatoms. The summed E-state index contributed by atoms with van der Waals surface area (Å²) < 4.78 is 0. The highest BCUT2D eigenvalue weighted by atomic mass is 16.2. The number of benzene rings is 1. The number of hydrogen-bond acceptors (Lipinski definition) is 3. The van der Waals surface area contributed by atoms with Crippen molar-refractivity contribution in [1.29, 1.82) is 0 Å². The summed E-state index contributed by atoms with van der Waals surface area (Å²) >= 11 is 0. The Balaban J connectivity index is 2.00. The molecule has 112 valence electrons. The highest BCUT2D eigenvalue weighted by Gasteiger charge is 2.30. The van der Waals surface area contributed by atoms with Crippen LogP contribution in [0.15, 0.2) is 24.3 Å². The zero-order valence-corrected chi connectivity index (χ0v) is 12.4. The number of carbonyl (C=O) groups is 3. The number of hydrogen-bond donors (Lipinski definition) is 1. The van der Waals surface area contributed by atoms with E-state index in [-0.39, 0.29) is 30.6 Å². The van der Waals surface area contributed by atoms with Crippen molar-refractivity contribution < 1.29 is 14.4 Å². The summed E-state index contributed by atoms with van der Waals surface area (Å²) in [6.45, 7) is 4.84. The van der Waals surface area contributed by atoms with Crippen LogP contribution in [0.2, 0.25) is 0 Å². The van der Waals surface area contributed by atoms with Crippen LogP contribution in [0.4, 0.5) is 5.69 Å². The van der Waals surface area contributed by atoms with Crippen LogP contribution < -0.4 is 10.2 Å². The number of imide groups is 1. The van der Waals surface area contributed by atoms with Crippen molar-refractivity contribution in [2.75, 3.05) is 11.4 Å². The molecule has 0 aromatic heterocycles. The summed E-state index contributed by atoms with van der Waals surface area (Å²) in [5.74, 6) is 0.0319. The number of amides is 3. The Morgan fingerprint density at radius 1 is 1.14 bits per heavy atom. The second kappa shape index (κ2) is 6.52. The van der Waals surface area contributed by atoms with E-state index >= 15 is 0 Å². The van der Waals surface area contributed by atoms with Gasteiger partial charge < -0.3 is 5.32 Å². The molecule has 0 atom stereocenters. The van der Waals surface area contributed by atoms with Gasteiger partial charge in [-0.2, -0.15) is 0 Å². The summed E-state index contributed by atoms with van der Waals surface area (Å²) in [6, 6.07) is 6.55. The van der Waals surface area contributed by atoms with Gasteiger partial charge in [0.25, 0.3) is 5.91 Å². The quantitative estimate of drug-likeness (QED) is 0.844. The monoisotopic (exact) mass is 288 g/mol. The van der Waals surface area contributed by atoms with Crippen LogP contribution in [-0.4, -0.2) is 24.3 Å². The molecule has 5 nitrogen and oxygen atoms in total. The van der Waals surface area contributed by atoms with Gasteiger partial charge >= 0.3 is 0 Å². The first-order chi connectivity index (χ1) is 9.99. The van der Waals surface area contributed by atoms with Crippen LogP contribution in [0.25, 0.3) is 0 Å². The third kappa shape index (κ3) is 3.68. The van der Waals surface area contributed by atoms with E-state index in [4.69, 9.17) is 0 Å². The molecule has 1 N–H and O–H groups in total. The predicted molar refractivity (Wildman–Crippen MR) is 80.0 cm³/mol. The fourth-order valence-corrected chi connectivity index (χ4v) is 2.20. The fourth-order valence-electron chi connectivity index (χ4n) is 2.20. The lowest BCUT2D eigenvalue weighted by atomic mass is 10.1. The van der Waals surface area contributed by atoms with Crippen molar-refractivity contribution in [1.82, 2.24) is 5.32 Å². The summed E-state index contributed by atoms with van der Waals surface area (Å²) in [4.78, 5) is 36.4. The molecule has 0 aliphatic carbocycles. The van der Waals surface area contributed by atoms with Crippen LogP contribution in [0.1, 0.15) is 43.5 Å². The molecule has 1 aliphatic heterocycles. The Morgan fingerprint density at radius 2 is 1.71 bits per heavy atom. The van der Waals surface area contributed by atoms with E-state index < -0.39 is 0 Å². The smallest absolute Gasteiger partial charge is 0.251 e. The Hall–Kier alpha value is -2.17. The number of carbonyl (C=O) groups excluding carboxylic acids is 3. The van der Waals surface area contributed by atoms with Crippen LogP contribution >= 0.6 is 0 Å². The molecule has 1 fully saturated rings. The lowest BCUT2D eigenvalue weighted by Crippen LogP contribution is -2.29. The lowest BCUT2D eigenvalue weighted by molar-refractivity contribution is -0.121.